The molecule has 0 radical (unpaired) electrons. The number of aryl methyl sites for hydroxylation is 1. The van der Waals surface area contributed by atoms with Crippen molar-refractivity contribution in [2.75, 3.05) is 6.61 Å². The van der Waals surface area contributed by atoms with E-state index in [-0.39, 0.29) is 17.4 Å². The number of aromatic nitrogens is 1. The van der Waals surface area contributed by atoms with Crippen molar-refractivity contribution in [2.45, 2.75) is 23.2 Å². The number of nitrogens with zero attached hydrogens (tertiary/aromatic N) is 1. The molecule has 1 aliphatic rings. The average Bonchev–Trinajstić information content (AvgIpc) is 2.92. The molecule has 1 aromatic rings. The summed E-state index contributed by atoms with van der Waals surface area (Å²) in [7, 11) is 1.62. The topological polar surface area (TPSA) is 48.3 Å². The Bertz CT molecular complexity index is 548. The van der Waals surface area contributed by atoms with Gasteiger partial charge in [0.15, 0.2) is 5.78 Å². The van der Waals surface area contributed by atoms with Crippen LogP contribution in [-0.2, 0) is 11.8 Å². The first-order chi connectivity index (χ1) is 9.21. The number of ketones is 2. The highest BCUT2D eigenvalue weighted by Crippen LogP contribution is 2.31. The van der Waals surface area contributed by atoms with Gasteiger partial charge in [-0.2, -0.15) is 0 Å². The molecule has 2 heterocycles. The van der Waals surface area contributed by atoms with Gasteiger partial charge >= 0.3 is 0 Å². The SMILES string of the molecule is CC1CCOC1C(=O)c1cc(C(=O)C(Cl)(Cl)Cl)n(C)c1. The van der Waals surface area contributed by atoms with Gasteiger partial charge in [-0.3, -0.25) is 9.59 Å². The van der Waals surface area contributed by atoms with Gasteiger partial charge in [-0.05, 0) is 18.4 Å². The zero-order chi connectivity index (χ0) is 15.1. The standard InChI is InChI=1S/C13H14Cl3NO3/c1-7-3-4-20-11(7)10(18)8-5-9(17(2)6-8)12(19)13(14,15)16/h5-7,11H,3-4H2,1-2H3. The molecule has 110 valence electrons. The lowest BCUT2D eigenvalue weighted by atomic mass is 9.97. The van der Waals surface area contributed by atoms with Gasteiger partial charge in [0.1, 0.15) is 6.10 Å². The van der Waals surface area contributed by atoms with Crippen LogP contribution >= 0.6 is 34.8 Å². The lowest BCUT2D eigenvalue weighted by molar-refractivity contribution is 0.0579. The molecule has 2 atom stereocenters. The summed E-state index contributed by atoms with van der Waals surface area (Å²) in [5.41, 5.74) is 0.572. The average molecular weight is 339 g/mol. The normalized spacial score (nSPS) is 23.1. The third-order valence-corrected chi connectivity index (χ3v) is 3.94. The summed E-state index contributed by atoms with van der Waals surface area (Å²) in [6.45, 7) is 2.54. The van der Waals surface area contributed by atoms with Gasteiger partial charge in [0.05, 0.1) is 5.69 Å². The summed E-state index contributed by atoms with van der Waals surface area (Å²) < 4.78 is 4.88. The quantitative estimate of drug-likeness (QED) is 0.628. The molecule has 2 rings (SSSR count). The second kappa shape index (κ2) is 5.68. The van der Waals surface area contributed by atoms with Crippen molar-refractivity contribution in [3.63, 3.8) is 0 Å². The van der Waals surface area contributed by atoms with Crippen LogP contribution in [-0.4, -0.2) is 32.6 Å². The smallest absolute Gasteiger partial charge is 0.255 e. The zero-order valence-corrected chi connectivity index (χ0v) is 13.3. The Morgan fingerprint density at radius 1 is 1.40 bits per heavy atom. The van der Waals surface area contributed by atoms with Crippen molar-refractivity contribution in [1.29, 1.82) is 0 Å². The highest BCUT2D eigenvalue weighted by Gasteiger charge is 2.36. The second-order valence-electron chi connectivity index (χ2n) is 4.97. The molecule has 0 aromatic carbocycles. The maximum absolute atomic E-state index is 12.3. The number of rotatable bonds is 3. The number of Topliss-reactive ketones (excluding diaryl/α,β-unsaturated/α-hetero) is 2. The fourth-order valence-corrected chi connectivity index (χ4v) is 2.56. The first-order valence-electron chi connectivity index (χ1n) is 6.15. The van der Waals surface area contributed by atoms with Crippen LogP contribution in [0.3, 0.4) is 0 Å². The maximum atomic E-state index is 12.3. The number of hydrogen-bond donors (Lipinski definition) is 0. The molecular weight excluding hydrogens is 325 g/mol. The van der Waals surface area contributed by atoms with Gasteiger partial charge in [0.25, 0.3) is 3.79 Å². The molecule has 0 N–H and O–H groups in total. The van der Waals surface area contributed by atoms with Crippen molar-refractivity contribution >= 4 is 46.4 Å². The summed E-state index contributed by atoms with van der Waals surface area (Å²) in [6.07, 6.45) is 1.94. The van der Waals surface area contributed by atoms with Gasteiger partial charge in [0, 0.05) is 25.4 Å². The van der Waals surface area contributed by atoms with E-state index in [2.05, 4.69) is 0 Å². The van der Waals surface area contributed by atoms with E-state index in [1.807, 2.05) is 6.92 Å². The molecule has 0 bridgehead atoms. The Morgan fingerprint density at radius 2 is 2.05 bits per heavy atom. The first kappa shape index (κ1) is 15.8. The monoisotopic (exact) mass is 337 g/mol. The highest BCUT2D eigenvalue weighted by atomic mass is 35.6. The largest absolute Gasteiger partial charge is 0.370 e. The minimum atomic E-state index is -2.04. The lowest BCUT2D eigenvalue weighted by Crippen LogP contribution is -2.25. The fraction of sp³-hybridized carbons (Fsp3) is 0.538. The van der Waals surface area contributed by atoms with Crippen LogP contribution in [0.25, 0.3) is 0 Å². The highest BCUT2D eigenvalue weighted by molar-refractivity contribution is 6.77. The van der Waals surface area contributed by atoms with E-state index in [0.29, 0.717) is 12.2 Å². The van der Waals surface area contributed by atoms with Crippen LogP contribution < -0.4 is 0 Å². The van der Waals surface area contributed by atoms with E-state index < -0.39 is 15.7 Å². The molecule has 7 heteroatoms. The molecule has 1 aliphatic heterocycles. The number of hydrogen-bond acceptors (Lipinski definition) is 3. The minimum absolute atomic E-state index is 0.144. The first-order valence-corrected chi connectivity index (χ1v) is 7.29. The van der Waals surface area contributed by atoms with Gasteiger partial charge in [-0.15, -0.1) is 0 Å². The van der Waals surface area contributed by atoms with E-state index in [0.717, 1.165) is 6.42 Å². The molecule has 1 saturated heterocycles. The molecule has 1 aromatic heterocycles. The van der Waals surface area contributed by atoms with E-state index in [1.165, 1.54) is 10.6 Å². The molecule has 1 fully saturated rings. The van der Waals surface area contributed by atoms with Crippen LogP contribution in [0.4, 0.5) is 0 Å². The summed E-state index contributed by atoms with van der Waals surface area (Å²) >= 11 is 16.8. The van der Waals surface area contributed by atoms with Crippen LogP contribution in [0, 0.1) is 5.92 Å². The number of carbonyl (C=O) groups is 2. The zero-order valence-electron chi connectivity index (χ0n) is 11.0. The van der Waals surface area contributed by atoms with Crippen molar-refractivity contribution in [1.82, 2.24) is 4.57 Å². The minimum Gasteiger partial charge on any atom is -0.370 e. The van der Waals surface area contributed by atoms with E-state index in [9.17, 15) is 9.59 Å². The van der Waals surface area contributed by atoms with E-state index >= 15 is 0 Å². The molecule has 0 saturated carbocycles. The maximum Gasteiger partial charge on any atom is 0.255 e. The number of ether oxygens (including phenoxy) is 1. The number of carbonyl (C=O) groups excluding carboxylic acids is 2. The molecule has 4 nitrogen and oxygen atoms in total. The summed E-state index contributed by atoms with van der Waals surface area (Å²) in [5, 5.41) is 0. The Morgan fingerprint density at radius 3 is 2.55 bits per heavy atom. The van der Waals surface area contributed by atoms with Crippen LogP contribution in [0.2, 0.25) is 0 Å². The summed E-state index contributed by atoms with van der Waals surface area (Å²) in [6, 6.07) is 1.45. The fourth-order valence-electron chi connectivity index (χ4n) is 2.27. The molecule has 0 amide bonds. The van der Waals surface area contributed by atoms with Crippen LogP contribution in [0.15, 0.2) is 12.3 Å². The lowest BCUT2D eigenvalue weighted by Gasteiger charge is -2.11. The van der Waals surface area contributed by atoms with Crippen molar-refractivity contribution in [2.24, 2.45) is 13.0 Å². The third-order valence-electron chi connectivity index (χ3n) is 3.43. The summed E-state index contributed by atoms with van der Waals surface area (Å²) in [5.74, 6) is -0.645. The van der Waals surface area contributed by atoms with Crippen molar-refractivity contribution in [3.8, 4) is 0 Å². The second-order valence-corrected chi connectivity index (χ2v) is 7.25. The van der Waals surface area contributed by atoms with Gasteiger partial charge in [-0.1, -0.05) is 41.7 Å². The van der Waals surface area contributed by atoms with Crippen LogP contribution in [0.1, 0.15) is 34.2 Å². The number of halogens is 3. The number of alkyl halides is 3. The van der Waals surface area contributed by atoms with Crippen molar-refractivity contribution < 1.29 is 14.3 Å². The molecule has 0 aliphatic carbocycles. The molecular formula is C13H14Cl3NO3. The predicted molar refractivity (Wildman–Crippen MR) is 77.9 cm³/mol. The van der Waals surface area contributed by atoms with E-state index in [4.69, 9.17) is 39.5 Å². The molecule has 20 heavy (non-hydrogen) atoms. The third kappa shape index (κ3) is 3.03. The molecule has 2 unspecified atom stereocenters. The predicted octanol–water partition coefficient (Wildman–Crippen LogP) is 3.19. The molecule has 0 spiro atoms. The Balaban J connectivity index is 2.27. The Labute approximate surface area is 131 Å². The van der Waals surface area contributed by atoms with E-state index in [1.54, 1.807) is 13.2 Å². The Kier molecular flexibility index (Phi) is 4.50. The van der Waals surface area contributed by atoms with Gasteiger partial charge < -0.3 is 9.30 Å². The summed E-state index contributed by atoms with van der Waals surface area (Å²) in [4.78, 5) is 24.3. The Hall–Kier alpha value is -0.550. The van der Waals surface area contributed by atoms with Gasteiger partial charge in [0.2, 0.25) is 5.78 Å². The van der Waals surface area contributed by atoms with Crippen LogP contribution in [0.5, 0.6) is 0 Å². The van der Waals surface area contributed by atoms with Crippen molar-refractivity contribution in [3.05, 3.63) is 23.5 Å². The van der Waals surface area contributed by atoms with Gasteiger partial charge in [-0.25, -0.2) is 0 Å².